The van der Waals surface area contributed by atoms with Gasteiger partial charge in [-0.05, 0) is 6.92 Å². The lowest BCUT2D eigenvalue weighted by Gasteiger charge is -2.01. The molecule has 0 rings (SSSR count). The van der Waals surface area contributed by atoms with Crippen molar-refractivity contribution in [1.82, 2.24) is 0 Å². The largest absolute Gasteiger partial charge is 0.616 e. The van der Waals surface area contributed by atoms with Gasteiger partial charge in [-0.3, -0.25) is 0 Å². The van der Waals surface area contributed by atoms with Crippen LogP contribution in [0.4, 0.5) is 0 Å². The highest BCUT2D eigenvalue weighted by Gasteiger charge is 1.91. The van der Waals surface area contributed by atoms with Gasteiger partial charge in [0.25, 0.3) is 0 Å². The summed E-state index contributed by atoms with van der Waals surface area (Å²) in [5.41, 5.74) is 0. The lowest BCUT2D eigenvalue weighted by atomic mass is 11.0. The van der Waals surface area contributed by atoms with Gasteiger partial charge in [0.1, 0.15) is 11.5 Å². The maximum atomic E-state index is 10.2. The first-order chi connectivity index (χ1) is 2.81. The first kappa shape index (κ1) is 6.31. The summed E-state index contributed by atoms with van der Waals surface area (Å²) in [6.07, 6.45) is 0. The Bertz CT molecular complexity index is 26.7. The molecule has 1 unspecified atom stereocenters. The smallest absolute Gasteiger partial charge is 0.109 e. The van der Waals surface area contributed by atoms with Crippen LogP contribution in [0.15, 0.2) is 0 Å². The third-order valence-electron chi connectivity index (χ3n) is 0.508. The van der Waals surface area contributed by atoms with Crippen molar-refractivity contribution >= 4 is 11.2 Å². The van der Waals surface area contributed by atoms with E-state index in [0.717, 1.165) is 0 Å². The Morgan fingerprint density at radius 2 is 2.33 bits per heavy atom. The second-order valence-corrected chi connectivity index (χ2v) is 2.69. The molecule has 36 valence electrons. The molecule has 0 aliphatic carbocycles. The minimum Gasteiger partial charge on any atom is -0.616 e. The van der Waals surface area contributed by atoms with Crippen LogP contribution in [0.3, 0.4) is 0 Å². The maximum absolute atomic E-state index is 10.2. The van der Waals surface area contributed by atoms with Crippen molar-refractivity contribution in [2.75, 3.05) is 11.5 Å². The SMILES string of the molecule is [CH]C[S+]([O-])CC. The van der Waals surface area contributed by atoms with Crippen LogP contribution in [0.1, 0.15) is 6.92 Å². The predicted octanol–water partition coefficient (Wildman–Crippen LogP) is 0.466. The highest BCUT2D eigenvalue weighted by atomic mass is 32.2. The van der Waals surface area contributed by atoms with E-state index in [2.05, 4.69) is 0 Å². The van der Waals surface area contributed by atoms with Crippen LogP contribution in [0.5, 0.6) is 0 Å². The lowest BCUT2D eigenvalue weighted by molar-refractivity contribution is 0.599. The summed E-state index contributed by atoms with van der Waals surface area (Å²) in [4.78, 5) is 0. The average molecular weight is 104 g/mol. The topological polar surface area (TPSA) is 23.1 Å². The van der Waals surface area contributed by atoms with Crippen molar-refractivity contribution in [3.63, 3.8) is 0 Å². The van der Waals surface area contributed by atoms with Crippen LogP contribution in [0.2, 0.25) is 0 Å². The normalized spacial score (nSPS) is 10.0. The fraction of sp³-hybridized carbons (Fsp3) is 0.750. The molecule has 2 heteroatoms. The summed E-state index contributed by atoms with van der Waals surface area (Å²) in [5, 5.41) is 0. The quantitative estimate of drug-likeness (QED) is 0.467. The predicted molar refractivity (Wildman–Crippen MR) is 27.9 cm³/mol. The van der Waals surface area contributed by atoms with E-state index in [4.69, 9.17) is 6.92 Å². The van der Waals surface area contributed by atoms with Crippen LogP contribution in [0, 0.1) is 6.92 Å². The van der Waals surface area contributed by atoms with Gasteiger partial charge in [-0.2, -0.15) is 0 Å². The Labute approximate surface area is 41.9 Å². The summed E-state index contributed by atoms with van der Waals surface area (Å²) in [5.74, 6) is 0.979. The molecule has 0 bridgehead atoms. The zero-order chi connectivity index (χ0) is 4.99. The van der Waals surface area contributed by atoms with E-state index in [1.165, 1.54) is 0 Å². The summed E-state index contributed by atoms with van der Waals surface area (Å²) in [7, 11) is 0. The molecule has 0 aromatic rings. The molecule has 0 spiro atoms. The number of hydrogen-bond donors (Lipinski definition) is 0. The monoisotopic (exact) mass is 104 g/mol. The van der Waals surface area contributed by atoms with Gasteiger partial charge in [-0.15, -0.1) is 0 Å². The molecular formula is C4H8OS. The second-order valence-electron chi connectivity index (χ2n) is 0.895. The molecule has 0 aliphatic heterocycles. The van der Waals surface area contributed by atoms with Crippen molar-refractivity contribution in [1.29, 1.82) is 0 Å². The van der Waals surface area contributed by atoms with E-state index in [1.807, 2.05) is 6.92 Å². The number of rotatable bonds is 2. The molecule has 2 radical (unpaired) electrons. The van der Waals surface area contributed by atoms with Crippen LogP contribution in [-0.4, -0.2) is 16.1 Å². The molecule has 0 amide bonds. The maximum Gasteiger partial charge on any atom is 0.109 e. The van der Waals surface area contributed by atoms with Crippen molar-refractivity contribution in [2.24, 2.45) is 0 Å². The van der Waals surface area contributed by atoms with Crippen LogP contribution in [-0.2, 0) is 11.2 Å². The molecule has 0 saturated carbocycles. The van der Waals surface area contributed by atoms with E-state index in [9.17, 15) is 4.55 Å². The van der Waals surface area contributed by atoms with Gasteiger partial charge in [0.15, 0.2) is 0 Å². The van der Waals surface area contributed by atoms with Gasteiger partial charge < -0.3 is 4.55 Å². The van der Waals surface area contributed by atoms with E-state index in [0.29, 0.717) is 11.5 Å². The van der Waals surface area contributed by atoms with E-state index >= 15 is 0 Å². The van der Waals surface area contributed by atoms with Crippen LogP contribution in [0.25, 0.3) is 0 Å². The standard InChI is InChI=1S/C4H8OS/c1-3-6(5)4-2/h1H,3-4H2,2H3. The van der Waals surface area contributed by atoms with Crippen molar-refractivity contribution < 1.29 is 4.55 Å². The second kappa shape index (κ2) is 3.50. The van der Waals surface area contributed by atoms with Crippen molar-refractivity contribution in [2.45, 2.75) is 6.92 Å². The Morgan fingerprint density at radius 3 is 2.33 bits per heavy atom. The highest BCUT2D eigenvalue weighted by molar-refractivity contribution is 7.91. The molecular weight excluding hydrogens is 96.1 g/mol. The molecule has 0 heterocycles. The van der Waals surface area contributed by atoms with E-state index < -0.39 is 11.2 Å². The lowest BCUT2D eigenvalue weighted by Crippen LogP contribution is -2.04. The average Bonchev–Trinajstić information content (AvgIpc) is 1.65. The first-order valence-corrected chi connectivity index (χ1v) is 3.35. The van der Waals surface area contributed by atoms with Gasteiger partial charge in [-0.25, -0.2) is 0 Å². The minimum absolute atomic E-state index is 0.302. The van der Waals surface area contributed by atoms with Gasteiger partial charge in [0.2, 0.25) is 0 Å². The van der Waals surface area contributed by atoms with Crippen molar-refractivity contribution in [3.8, 4) is 0 Å². The highest BCUT2D eigenvalue weighted by Crippen LogP contribution is 1.84. The van der Waals surface area contributed by atoms with E-state index in [-0.39, 0.29) is 0 Å². The summed E-state index contributed by atoms with van der Waals surface area (Å²) in [6.45, 7) is 6.83. The minimum atomic E-state index is -0.756. The molecule has 0 fully saturated rings. The fourth-order valence-corrected chi connectivity index (χ4v) is 0.354. The first-order valence-electron chi connectivity index (χ1n) is 1.86. The molecule has 1 nitrogen and oxygen atoms in total. The fourth-order valence-electron chi connectivity index (χ4n) is 0.118. The zero-order valence-corrected chi connectivity index (χ0v) is 4.62. The Balaban J connectivity index is 2.75. The van der Waals surface area contributed by atoms with Gasteiger partial charge in [-0.1, -0.05) is 11.2 Å². The summed E-state index contributed by atoms with van der Waals surface area (Å²) in [6, 6.07) is 0. The summed E-state index contributed by atoms with van der Waals surface area (Å²) < 4.78 is 10.2. The molecule has 6 heavy (non-hydrogen) atoms. The molecule has 0 N–H and O–H groups in total. The Hall–Kier alpha value is 0.310. The Morgan fingerprint density at radius 1 is 1.83 bits per heavy atom. The molecule has 1 atom stereocenters. The third-order valence-corrected chi connectivity index (χ3v) is 1.52. The van der Waals surface area contributed by atoms with Gasteiger partial charge in [0.05, 0.1) is 0 Å². The molecule has 0 saturated heterocycles. The molecule has 0 aromatic heterocycles. The summed E-state index contributed by atoms with van der Waals surface area (Å²) >= 11 is -0.756. The molecule has 0 aromatic carbocycles. The van der Waals surface area contributed by atoms with E-state index in [1.54, 1.807) is 0 Å². The van der Waals surface area contributed by atoms with Crippen molar-refractivity contribution in [3.05, 3.63) is 6.92 Å². The molecule has 0 aliphatic rings. The van der Waals surface area contributed by atoms with Crippen LogP contribution < -0.4 is 0 Å². The van der Waals surface area contributed by atoms with Crippen LogP contribution >= 0.6 is 0 Å². The zero-order valence-electron chi connectivity index (χ0n) is 3.81. The van der Waals surface area contributed by atoms with Gasteiger partial charge in [0, 0.05) is 6.92 Å². The third kappa shape index (κ3) is 2.54. The number of hydrogen-bond acceptors (Lipinski definition) is 1. The van der Waals surface area contributed by atoms with Gasteiger partial charge >= 0.3 is 0 Å². The Kier molecular flexibility index (Phi) is 3.68.